The standard InChI is InChI=1S/C15H16N2O4/c1-2-20-12-5-3-10(4-6-12)14-8-17-11(9-21-14)7-13(16-17)15(18)19/h3-7,14H,2,8-9H2,1H3,(H,18,19). The number of rotatable bonds is 4. The van der Waals surface area contributed by atoms with Crippen LogP contribution in [0, 0.1) is 0 Å². The van der Waals surface area contributed by atoms with Crippen LogP contribution in [0.1, 0.15) is 34.8 Å². The number of aromatic nitrogens is 2. The van der Waals surface area contributed by atoms with E-state index in [9.17, 15) is 4.79 Å². The van der Waals surface area contributed by atoms with Crippen molar-refractivity contribution in [2.45, 2.75) is 26.2 Å². The molecular weight excluding hydrogens is 272 g/mol. The lowest BCUT2D eigenvalue weighted by molar-refractivity contribution is -0.00125. The van der Waals surface area contributed by atoms with Gasteiger partial charge in [-0.15, -0.1) is 0 Å². The Hall–Kier alpha value is -2.34. The summed E-state index contributed by atoms with van der Waals surface area (Å²) in [5.41, 5.74) is 1.87. The van der Waals surface area contributed by atoms with Crippen LogP contribution in [0.3, 0.4) is 0 Å². The first-order valence-electron chi connectivity index (χ1n) is 6.81. The Morgan fingerprint density at radius 1 is 1.48 bits per heavy atom. The minimum atomic E-state index is -1.02. The largest absolute Gasteiger partial charge is 0.494 e. The van der Waals surface area contributed by atoms with Crippen LogP contribution >= 0.6 is 0 Å². The minimum absolute atomic E-state index is 0.0564. The van der Waals surface area contributed by atoms with Gasteiger partial charge < -0.3 is 14.6 Å². The van der Waals surface area contributed by atoms with E-state index in [-0.39, 0.29) is 11.8 Å². The Labute approximate surface area is 121 Å². The first-order valence-corrected chi connectivity index (χ1v) is 6.81. The number of hydrogen-bond acceptors (Lipinski definition) is 4. The predicted molar refractivity (Wildman–Crippen MR) is 74.3 cm³/mol. The Balaban J connectivity index is 1.77. The van der Waals surface area contributed by atoms with E-state index < -0.39 is 5.97 Å². The lowest BCUT2D eigenvalue weighted by Gasteiger charge is -2.24. The molecule has 1 aromatic heterocycles. The van der Waals surface area contributed by atoms with Crippen LogP contribution in [0.2, 0.25) is 0 Å². The van der Waals surface area contributed by atoms with Crippen molar-refractivity contribution in [3.05, 3.63) is 47.3 Å². The molecule has 6 nitrogen and oxygen atoms in total. The normalized spacial score (nSPS) is 17.3. The van der Waals surface area contributed by atoms with E-state index in [1.807, 2.05) is 31.2 Å². The van der Waals surface area contributed by atoms with Gasteiger partial charge in [-0.3, -0.25) is 4.68 Å². The van der Waals surface area contributed by atoms with Crippen molar-refractivity contribution in [2.75, 3.05) is 6.61 Å². The molecule has 6 heteroatoms. The summed E-state index contributed by atoms with van der Waals surface area (Å²) >= 11 is 0. The fourth-order valence-electron chi connectivity index (χ4n) is 2.38. The van der Waals surface area contributed by atoms with Crippen molar-refractivity contribution in [2.24, 2.45) is 0 Å². The lowest BCUT2D eigenvalue weighted by atomic mass is 10.1. The van der Waals surface area contributed by atoms with Gasteiger partial charge in [0, 0.05) is 0 Å². The van der Waals surface area contributed by atoms with Crippen molar-refractivity contribution in [1.82, 2.24) is 9.78 Å². The molecule has 0 amide bonds. The van der Waals surface area contributed by atoms with E-state index in [0.29, 0.717) is 19.8 Å². The Morgan fingerprint density at radius 2 is 2.24 bits per heavy atom. The monoisotopic (exact) mass is 288 g/mol. The van der Waals surface area contributed by atoms with E-state index in [0.717, 1.165) is 17.0 Å². The second kappa shape index (κ2) is 5.57. The molecular formula is C15H16N2O4. The first-order chi connectivity index (χ1) is 10.2. The van der Waals surface area contributed by atoms with Crippen LogP contribution in [0.25, 0.3) is 0 Å². The van der Waals surface area contributed by atoms with Crippen molar-refractivity contribution in [1.29, 1.82) is 0 Å². The van der Waals surface area contributed by atoms with Crippen molar-refractivity contribution >= 4 is 5.97 Å². The van der Waals surface area contributed by atoms with Crippen molar-refractivity contribution in [3.8, 4) is 5.75 Å². The summed E-state index contributed by atoms with van der Waals surface area (Å²) in [6, 6.07) is 9.29. The molecule has 110 valence electrons. The number of nitrogens with zero attached hydrogens (tertiary/aromatic N) is 2. The topological polar surface area (TPSA) is 73.6 Å². The van der Waals surface area contributed by atoms with Gasteiger partial charge in [-0.2, -0.15) is 5.10 Å². The van der Waals surface area contributed by atoms with E-state index >= 15 is 0 Å². The zero-order valence-corrected chi connectivity index (χ0v) is 11.7. The minimum Gasteiger partial charge on any atom is -0.494 e. The number of aromatic carboxylic acids is 1. The average molecular weight is 288 g/mol. The van der Waals surface area contributed by atoms with Crippen LogP contribution in [0.4, 0.5) is 0 Å². The molecule has 1 N–H and O–H groups in total. The van der Waals surface area contributed by atoms with E-state index in [2.05, 4.69) is 5.10 Å². The Morgan fingerprint density at radius 3 is 2.90 bits per heavy atom. The third-order valence-electron chi connectivity index (χ3n) is 3.42. The molecule has 21 heavy (non-hydrogen) atoms. The maximum Gasteiger partial charge on any atom is 0.356 e. The summed E-state index contributed by atoms with van der Waals surface area (Å²) in [5.74, 6) is -0.195. The highest BCUT2D eigenvalue weighted by atomic mass is 16.5. The van der Waals surface area contributed by atoms with Gasteiger partial charge in [-0.25, -0.2) is 4.79 Å². The molecule has 0 saturated heterocycles. The zero-order chi connectivity index (χ0) is 14.8. The summed E-state index contributed by atoms with van der Waals surface area (Å²) in [7, 11) is 0. The second-order valence-electron chi connectivity index (χ2n) is 4.81. The molecule has 0 spiro atoms. The van der Waals surface area contributed by atoms with E-state index in [4.69, 9.17) is 14.6 Å². The second-order valence-corrected chi connectivity index (χ2v) is 4.81. The highest BCUT2D eigenvalue weighted by molar-refractivity contribution is 5.85. The van der Waals surface area contributed by atoms with Crippen molar-refractivity contribution in [3.63, 3.8) is 0 Å². The maximum atomic E-state index is 10.9. The van der Waals surface area contributed by atoms with Gasteiger partial charge >= 0.3 is 5.97 Å². The fraction of sp³-hybridized carbons (Fsp3) is 0.333. The van der Waals surface area contributed by atoms with Gasteiger partial charge in [0.15, 0.2) is 5.69 Å². The average Bonchev–Trinajstić information content (AvgIpc) is 2.91. The van der Waals surface area contributed by atoms with Crippen LogP contribution in [0.5, 0.6) is 5.75 Å². The summed E-state index contributed by atoms with van der Waals surface area (Å²) in [4.78, 5) is 10.9. The van der Waals surface area contributed by atoms with Crippen LogP contribution in [-0.2, 0) is 17.9 Å². The smallest absolute Gasteiger partial charge is 0.356 e. The third-order valence-corrected chi connectivity index (χ3v) is 3.42. The summed E-state index contributed by atoms with van der Waals surface area (Å²) in [5, 5.41) is 13.1. The number of hydrogen-bond donors (Lipinski definition) is 1. The van der Waals surface area contributed by atoms with Crippen LogP contribution < -0.4 is 4.74 Å². The summed E-state index contributed by atoms with van der Waals surface area (Å²) in [6.45, 7) is 3.44. The number of fused-ring (bicyclic) bond motifs is 1. The van der Waals surface area contributed by atoms with E-state index in [1.54, 1.807) is 10.7 Å². The van der Waals surface area contributed by atoms with Crippen molar-refractivity contribution < 1.29 is 19.4 Å². The molecule has 0 radical (unpaired) electrons. The molecule has 1 atom stereocenters. The summed E-state index contributed by atoms with van der Waals surface area (Å²) < 4.78 is 12.9. The van der Waals surface area contributed by atoms with Crippen LogP contribution in [0.15, 0.2) is 30.3 Å². The number of ether oxygens (including phenoxy) is 2. The molecule has 1 aromatic carbocycles. The number of benzene rings is 1. The van der Waals surface area contributed by atoms with Gasteiger partial charge in [0.25, 0.3) is 0 Å². The molecule has 3 rings (SSSR count). The van der Waals surface area contributed by atoms with Gasteiger partial charge in [0.05, 0.1) is 25.5 Å². The molecule has 1 aliphatic heterocycles. The Bertz CT molecular complexity index is 648. The zero-order valence-electron chi connectivity index (χ0n) is 11.7. The Kier molecular flexibility index (Phi) is 3.62. The van der Waals surface area contributed by atoms with Gasteiger partial charge in [-0.05, 0) is 30.7 Å². The molecule has 2 heterocycles. The molecule has 0 fully saturated rings. The third kappa shape index (κ3) is 2.75. The summed E-state index contributed by atoms with van der Waals surface area (Å²) in [6.07, 6.45) is -0.130. The van der Waals surface area contributed by atoms with Crippen LogP contribution in [-0.4, -0.2) is 27.5 Å². The van der Waals surface area contributed by atoms with Gasteiger partial charge in [0.1, 0.15) is 11.9 Å². The SMILES string of the molecule is CCOc1ccc(C2Cn3nc(C(=O)O)cc3CO2)cc1. The molecule has 0 saturated carbocycles. The predicted octanol–water partition coefficient (Wildman–Crippen LogP) is 2.25. The molecule has 0 bridgehead atoms. The molecule has 0 aliphatic carbocycles. The van der Waals surface area contributed by atoms with E-state index in [1.165, 1.54) is 0 Å². The molecule has 2 aromatic rings. The maximum absolute atomic E-state index is 10.9. The molecule has 1 aliphatic rings. The van der Waals surface area contributed by atoms with Gasteiger partial charge in [0.2, 0.25) is 0 Å². The quantitative estimate of drug-likeness (QED) is 0.934. The highest BCUT2D eigenvalue weighted by Crippen LogP contribution is 2.27. The molecule has 1 unspecified atom stereocenters. The number of carboxylic acids is 1. The first kappa shape index (κ1) is 13.6. The fourth-order valence-corrected chi connectivity index (χ4v) is 2.38. The number of carbonyl (C=O) groups is 1. The van der Waals surface area contributed by atoms with Gasteiger partial charge in [-0.1, -0.05) is 12.1 Å². The highest BCUT2D eigenvalue weighted by Gasteiger charge is 2.23. The number of carboxylic acid groups (broad SMARTS) is 1. The lowest BCUT2D eigenvalue weighted by Crippen LogP contribution is -2.21.